The number of carbonyl (C=O) groups is 2. The normalized spacial score (nSPS) is 21.1. The van der Waals surface area contributed by atoms with E-state index in [9.17, 15) is 36.6 Å². The SMILES string of the molecule is C[C@]12CCCN1N(Cc1cccc(F)c1F)C(=O)C(C(=O)Nc1ccc(C(F)(F)F)cc1)=C2O. The van der Waals surface area contributed by atoms with Crippen LogP contribution in [0.25, 0.3) is 0 Å². The smallest absolute Gasteiger partial charge is 0.416 e. The molecule has 34 heavy (non-hydrogen) atoms. The molecular formula is C23H20F5N3O3. The van der Waals surface area contributed by atoms with E-state index in [0.29, 0.717) is 19.4 Å². The number of aliphatic hydroxyl groups excluding tert-OH is 1. The van der Waals surface area contributed by atoms with Crippen molar-refractivity contribution in [3.8, 4) is 0 Å². The standard InChI is InChI=1S/C23H20F5N3O3/c1-22-10-3-11-31(22)30(12-13-4-2-5-16(24)18(13)25)21(34)17(19(22)32)20(33)29-15-8-6-14(7-9-15)23(26,27)28/h2,4-9,32H,3,10-12H2,1H3,(H,29,33)/t22-/m1/s1. The van der Waals surface area contributed by atoms with E-state index in [0.717, 1.165) is 35.3 Å². The third-order valence-electron chi connectivity index (χ3n) is 6.14. The van der Waals surface area contributed by atoms with E-state index in [1.165, 1.54) is 17.1 Å². The van der Waals surface area contributed by atoms with Gasteiger partial charge in [-0.2, -0.15) is 13.2 Å². The molecule has 2 amide bonds. The minimum atomic E-state index is -4.56. The zero-order valence-electron chi connectivity index (χ0n) is 17.9. The van der Waals surface area contributed by atoms with E-state index in [1.54, 1.807) is 6.92 Å². The second kappa shape index (κ2) is 8.39. The van der Waals surface area contributed by atoms with E-state index < -0.39 is 52.1 Å². The molecule has 6 nitrogen and oxygen atoms in total. The molecule has 2 heterocycles. The van der Waals surface area contributed by atoms with Gasteiger partial charge in [0.15, 0.2) is 11.6 Å². The number of hydrazine groups is 1. The monoisotopic (exact) mass is 481 g/mol. The van der Waals surface area contributed by atoms with Crippen molar-refractivity contribution in [2.24, 2.45) is 0 Å². The highest BCUT2D eigenvalue weighted by Crippen LogP contribution is 2.42. The van der Waals surface area contributed by atoms with Gasteiger partial charge in [0.1, 0.15) is 11.3 Å². The second-order valence-corrected chi connectivity index (χ2v) is 8.33. The van der Waals surface area contributed by atoms with Gasteiger partial charge in [0.2, 0.25) is 0 Å². The molecule has 2 aromatic rings. The van der Waals surface area contributed by atoms with Gasteiger partial charge in [0.25, 0.3) is 11.8 Å². The number of nitrogens with one attached hydrogen (secondary N) is 1. The Kier molecular flexibility index (Phi) is 5.84. The first-order chi connectivity index (χ1) is 15.9. The fourth-order valence-electron chi connectivity index (χ4n) is 4.32. The highest BCUT2D eigenvalue weighted by atomic mass is 19.4. The van der Waals surface area contributed by atoms with Crippen molar-refractivity contribution < 1.29 is 36.6 Å². The van der Waals surface area contributed by atoms with Crippen LogP contribution < -0.4 is 5.32 Å². The number of halogens is 5. The number of nitrogens with zero attached hydrogens (tertiary/aromatic N) is 2. The fourth-order valence-corrected chi connectivity index (χ4v) is 4.32. The molecule has 0 unspecified atom stereocenters. The van der Waals surface area contributed by atoms with Gasteiger partial charge in [-0.1, -0.05) is 12.1 Å². The Morgan fingerprint density at radius 3 is 2.47 bits per heavy atom. The molecule has 2 aromatic carbocycles. The van der Waals surface area contributed by atoms with Crippen molar-refractivity contribution in [1.82, 2.24) is 10.0 Å². The van der Waals surface area contributed by atoms with Crippen LogP contribution in [0.15, 0.2) is 53.8 Å². The molecule has 1 fully saturated rings. The topological polar surface area (TPSA) is 72.9 Å². The van der Waals surface area contributed by atoms with Crippen molar-refractivity contribution in [2.75, 3.05) is 11.9 Å². The Bertz CT molecular complexity index is 1180. The summed E-state index contributed by atoms with van der Waals surface area (Å²) in [7, 11) is 0. The molecule has 0 radical (unpaired) electrons. The summed E-state index contributed by atoms with van der Waals surface area (Å²) in [6.45, 7) is 1.56. The average Bonchev–Trinajstić information content (AvgIpc) is 3.17. The van der Waals surface area contributed by atoms with E-state index >= 15 is 0 Å². The third-order valence-corrected chi connectivity index (χ3v) is 6.14. The van der Waals surface area contributed by atoms with E-state index in [1.807, 2.05) is 0 Å². The van der Waals surface area contributed by atoms with Gasteiger partial charge in [0.05, 0.1) is 17.6 Å². The number of alkyl halides is 3. The minimum absolute atomic E-state index is 0.0205. The molecular weight excluding hydrogens is 461 g/mol. The van der Waals surface area contributed by atoms with E-state index in [-0.39, 0.29) is 17.8 Å². The first kappa shape index (κ1) is 23.7. The molecule has 2 N–H and O–H groups in total. The first-order valence-electron chi connectivity index (χ1n) is 10.4. The second-order valence-electron chi connectivity index (χ2n) is 8.33. The van der Waals surface area contributed by atoms with Gasteiger partial charge in [-0.25, -0.2) is 13.8 Å². The zero-order valence-corrected chi connectivity index (χ0v) is 17.9. The summed E-state index contributed by atoms with van der Waals surface area (Å²) in [6, 6.07) is 7.11. The van der Waals surface area contributed by atoms with Gasteiger partial charge in [-0.05, 0) is 50.1 Å². The molecule has 0 bridgehead atoms. The lowest BCUT2D eigenvalue weighted by atomic mass is 9.90. The molecule has 1 atom stereocenters. The number of hydrogen-bond acceptors (Lipinski definition) is 4. The van der Waals surface area contributed by atoms with Crippen LogP contribution in [0, 0.1) is 11.6 Å². The lowest BCUT2D eigenvalue weighted by Crippen LogP contribution is -2.60. The number of amides is 2. The van der Waals surface area contributed by atoms with Crippen LogP contribution in [0.2, 0.25) is 0 Å². The predicted octanol–water partition coefficient (Wildman–Crippen LogP) is 4.55. The number of carbonyl (C=O) groups excluding carboxylic acids is 2. The van der Waals surface area contributed by atoms with Crippen molar-refractivity contribution >= 4 is 17.5 Å². The van der Waals surface area contributed by atoms with Crippen LogP contribution in [0.5, 0.6) is 0 Å². The Balaban J connectivity index is 1.66. The molecule has 0 aromatic heterocycles. The fraction of sp³-hybridized carbons (Fsp3) is 0.304. The Morgan fingerprint density at radius 2 is 1.82 bits per heavy atom. The molecule has 2 aliphatic rings. The van der Waals surface area contributed by atoms with Crippen molar-refractivity contribution in [3.63, 3.8) is 0 Å². The lowest BCUT2D eigenvalue weighted by molar-refractivity contribution is -0.160. The summed E-state index contributed by atoms with van der Waals surface area (Å²) in [5, 5.41) is 15.8. The summed E-state index contributed by atoms with van der Waals surface area (Å²) in [6.07, 6.45) is -3.62. The van der Waals surface area contributed by atoms with Gasteiger partial charge in [-0.3, -0.25) is 14.6 Å². The Labute approximate surface area is 191 Å². The maximum absolute atomic E-state index is 14.3. The van der Waals surface area contributed by atoms with Crippen molar-refractivity contribution in [1.29, 1.82) is 0 Å². The summed E-state index contributed by atoms with van der Waals surface area (Å²) in [5.74, 6) is -4.68. The quantitative estimate of drug-likeness (QED) is 0.497. The van der Waals surface area contributed by atoms with Crippen LogP contribution in [-0.4, -0.2) is 39.0 Å². The van der Waals surface area contributed by atoms with Crippen LogP contribution in [0.1, 0.15) is 30.9 Å². The number of benzene rings is 2. The van der Waals surface area contributed by atoms with Crippen LogP contribution in [0.3, 0.4) is 0 Å². The third kappa shape index (κ3) is 4.00. The molecule has 0 spiro atoms. The average molecular weight is 481 g/mol. The molecule has 1 saturated heterocycles. The Hall–Kier alpha value is -3.47. The van der Waals surface area contributed by atoms with Gasteiger partial charge >= 0.3 is 6.18 Å². The summed E-state index contributed by atoms with van der Waals surface area (Å²) in [4.78, 5) is 26.2. The number of fused-ring (bicyclic) bond motifs is 1. The molecule has 0 aliphatic carbocycles. The largest absolute Gasteiger partial charge is 0.509 e. The molecule has 0 saturated carbocycles. The molecule has 180 valence electrons. The summed E-state index contributed by atoms with van der Waals surface area (Å²) < 4.78 is 66.4. The molecule has 11 heteroatoms. The molecule has 2 aliphatic heterocycles. The number of anilines is 1. The number of rotatable bonds is 4. The van der Waals surface area contributed by atoms with Gasteiger partial charge < -0.3 is 10.4 Å². The van der Waals surface area contributed by atoms with Crippen molar-refractivity contribution in [3.05, 3.63) is 76.6 Å². The van der Waals surface area contributed by atoms with Gasteiger partial charge in [0, 0.05) is 17.8 Å². The van der Waals surface area contributed by atoms with Crippen molar-refractivity contribution in [2.45, 2.75) is 38.0 Å². The van der Waals surface area contributed by atoms with Crippen LogP contribution in [-0.2, 0) is 22.3 Å². The Morgan fingerprint density at radius 1 is 1.15 bits per heavy atom. The van der Waals surface area contributed by atoms with E-state index in [4.69, 9.17) is 0 Å². The minimum Gasteiger partial charge on any atom is -0.509 e. The number of aliphatic hydroxyl groups is 1. The summed E-state index contributed by atoms with van der Waals surface area (Å²) in [5.41, 5.74) is -2.82. The van der Waals surface area contributed by atoms with Gasteiger partial charge in [-0.15, -0.1) is 0 Å². The van der Waals surface area contributed by atoms with Crippen LogP contribution in [0.4, 0.5) is 27.6 Å². The molecule has 4 rings (SSSR count). The zero-order chi connectivity index (χ0) is 24.8. The first-order valence-corrected chi connectivity index (χ1v) is 10.4. The summed E-state index contributed by atoms with van der Waals surface area (Å²) >= 11 is 0. The van der Waals surface area contributed by atoms with Crippen LogP contribution >= 0.6 is 0 Å². The maximum atomic E-state index is 14.3. The maximum Gasteiger partial charge on any atom is 0.416 e. The highest BCUT2D eigenvalue weighted by Gasteiger charge is 2.52. The highest BCUT2D eigenvalue weighted by molar-refractivity contribution is 6.23. The van der Waals surface area contributed by atoms with E-state index in [2.05, 4.69) is 5.32 Å². The number of hydrogen-bond donors (Lipinski definition) is 2. The lowest BCUT2D eigenvalue weighted by Gasteiger charge is -2.46. The predicted molar refractivity (Wildman–Crippen MR) is 111 cm³/mol.